The van der Waals surface area contributed by atoms with Crippen LogP contribution in [0.5, 0.6) is 0 Å². The molecule has 208 valence electrons. The van der Waals surface area contributed by atoms with E-state index >= 15 is 0 Å². The van der Waals surface area contributed by atoms with Crippen molar-refractivity contribution in [2.75, 3.05) is 13.1 Å². The number of benzene rings is 1. The van der Waals surface area contributed by atoms with Gasteiger partial charge < -0.3 is 42.9 Å². The lowest BCUT2D eigenvalue weighted by molar-refractivity contribution is -0.150. The predicted molar refractivity (Wildman–Crippen MR) is 137 cm³/mol. The molecule has 0 spiro atoms. The summed E-state index contributed by atoms with van der Waals surface area (Å²) in [5, 5.41) is 23.7. The largest absolute Gasteiger partial charge is 0.481 e. The molecule has 14 nitrogen and oxygen atoms in total. The second kappa shape index (κ2) is 14.5. The lowest BCUT2D eigenvalue weighted by Crippen LogP contribution is -2.58. The Morgan fingerprint density at radius 3 is 2.29 bits per heavy atom. The smallest absolute Gasteiger partial charge is 0.326 e. The molecule has 1 heterocycles. The van der Waals surface area contributed by atoms with Crippen LogP contribution in [0.25, 0.3) is 0 Å². The molecule has 2 rings (SSSR count). The van der Waals surface area contributed by atoms with E-state index in [2.05, 4.69) is 15.6 Å². The number of carboxylic acid groups (broad SMARTS) is 2. The SMILES string of the molecule is NC(N)=NCCCC(N)C(=O)NC(Cc1ccccc1)C(=O)NC(CC(=O)O)C(=O)N1CCCC1C(=O)O. The lowest BCUT2D eigenvalue weighted by atomic mass is 10.0. The topological polar surface area (TPSA) is 244 Å². The number of nitrogens with one attached hydrogen (secondary N) is 2. The third-order valence-corrected chi connectivity index (χ3v) is 6.03. The van der Waals surface area contributed by atoms with E-state index in [-0.39, 0.29) is 38.3 Å². The summed E-state index contributed by atoms with van der Waals surface area (Å²) in [5.74, 6) is -4.90. The fraction of sp³-hybridized carbons (Fsp3) is 0.500. The van der Waals surface area contributed by atoms with Crippen molar-refractivity contribution in [1.82, 2.24) is 15.5 Å². The standard InChI is InChI=1S/C24H35N7O7/c25-15(8-4-10-28-24(26)27)20(34)29-16(12-14-6-2-1-3-7-14)21(35)30-17(13-19(32)33)22(36)31-11-5-9-18(31)23(37)38/h1-3,6-7,15-18H,4-5,8-13,25H2,(H,29,34)(H,30,35)(H,32,33)(H,37,38)(H4,26,27,28). The Hall–Kier alpha value is -4.20. The zero-order valence-corrected chi connectivity index (χ0v) is 20.9. The first-order valence-electron chi connectivity index (χ1n) is 12.2. The van der Waals surface area contributed by atoms with Crippen molar-refractivity contribution < 1.29 is 34.2 Å². The highest BCUT2D eigenvalue weighted by atomic mass is 16.4. The Labute approximate surface area is 219 Å². The van der Waals surface area contributed by atoms with Gasteiger partial charge in [-0.1, -0.05) is 30.3 Å². The van der Waals surface area contributed by atoms with Gasteiger partial charge in [0.1, 0.15) is 18.1 Å². The zero-order valence-electron chi connectivity index (χ0n) is 20.9. The van der Waals surface area contributed by atoms with E-state index in [1.165, 1.54) is 0 Å². The van der Waals surface area contributed by atoms with Crippen LogP contribution >= 0.6 is 0 Å². The molecule has 0 radical (unpaired) electrons. The van der Waals surface area contributed by atoms with Crippen molar-refractivity contribution in [3.63, 3.8) is 0 Å². The number of rotatable bonds is 14. The van der Waals surface area contributed by atoms with Crippen molar-refractivity contribution in [3.05, 3.63) is 35.9 Å². The molecule has 1 saturated heterocycles. The molecule has 0 aromatic heterocycles. The highest BCUT2D eigenvalue weighted by Crippen LogP contribution is 2.19. The monoisotopic (exact) mass is 533 g/mol. The third kappa shape index (κ3) is 9.35. The van der Waals surface area contributed by atoms with Crippen LogP contribution in [0.3, 0.4) is 0 Å². The molecular formula is C24H35N7O7. The highest BCUT2D eigenvalue weighted by Gasteiger charge is 2.39. The molecule has 1 fully saturated rings. The maximum atomic E-state index is 13.3. The fourth-order valence-corrected chi connectivity index (χ4v) is 4.12. The van der Waals surface area contributed by atoms with Gasteiger partial charge in [0, 0.05) is 19.5 Å². The van der Waals surface area contributed by atoms with E-state index < -0.39 is 60.2 Å². The quantitative estimate of drug-likeness (QED) is 0.0797. The minimum Gasteiger partial charge on any atom is -0.481 e. The molecule has 1 aliphatic rings. The molecule has 14 heteroatoms. The number of nitrogens with two attached hydrogens (primary N) is 3. The van der Waals surface area contributed by atoms with Gasteiger partial charge in [0.25, 0.3) is 0 Å². The van der Waals surface area contributed by atoms with E-state index in [1.807, 2.05) is 0 Å². The summed E-state index contributed by atoms with van der Waals surface area (Å²) in [6.45, 7) is 0.394. The minimum absolute atomic E-state index is 0.0363. The number of likely N-dealkylation sites (tertiary alicyclic amines) is 1. The number of nitrogens with zero attached hydrogens (tertiary/aromatic N) is 2. The molecule has 1 aromatic rings. The number of carboxylic acids is 2. The average molecular weight is 534 g/mol. The van der Waals surface area contributed by atoms with Crippen molar-refractivity contribution in [3.8, 4) is 0 Å². The molecule has 4 atom stereocenters. The summed E-state index contributed by atoms with van der Waals surface area (Å²) in [6.07, 6.45) is 0.580. The number of aliphatic imine (C=N–C) groups is 1. The van der Waals surface area contributed by atoms with Gasteiger partial charge in [-0.25, -0.2) is 4.79 Å². The number of carbonyl (C=O) groups is 5. The number of hydrogen-bond donors (Lipinski definition) is 7. The van der Waals surface area contributed by atoms with Crippen LogP contribution in [-0.2, 0) is 30.4 Å². The van der Waals surface area contributed by atoms with Gasteiger partial charge >= 0.3 is 11.9 Å². The maximum absolute atomic E-state index is 13.3. The van der Waals surface area contributed by atoms with Crippen molar-refractivity contribution in [2.45, 2.75) is 62.7 Å². The Balaban J connectivity index is 2.18. The van der Waals surface area contributed by atoms with Crippen molar-refractivity contribution in [1.29, 1.82) is 0 Å². The zero-order chi connectivity index (χ0) is 28.2. The van der Waals surface area contributed by atoms with Crippen LogP contribution in [0, 0.1) is 0 Å². The normalized spacial score (nSPS) is 17.1. The molecule has 3 amide bonds. The van der Waals surface area contributed by atoms with E-state index in [4.69, 9.17) is 17.2 Å². The van der Waals surface area contributed by atoms with E-state index in [1.54, 1.807) is 30.3 Å². The van der Waals surface area contributed by atoms with Gasteiger partial charge in [-0.05, 0) is 31.2 Å². The molecule has 10 N–H and O–H groups in total. The average Bonchev–Trinajstić information content (AvgIpc) is 3.36. The van der Waals surface area contributed by atoms with Crippen molar-refractivity contribution in [2.24, 2.45) is 22.2 Å². The van der Waals surface area contributed by atoms with Gasteiger partial charge in [-0.2, -0.15) is 0 Å². The molecule has 38 heavy (non-hydrogen) atoms. The number of guanidine groups is 1. The first-order valence-corrected chi connectivity index (χ1v) is 12.2. The molecule has 0 bridgehead atoms. The van der Waals surface area contributed by atoms with Crippen molar-refractivity contribution >= 4 is 35.6 Å². The third-order valence-electron chi connectivity index (χ3n) is 6.03. The second-order valence-corrected chi connectivity index (χ2v) is 8.99. The van der Waals surface area contributed by atoms with Crippen LogP contribution < -0.4 is 27.8 Å². The molecule has 0 saturated carbocycles. The van der Waals surface area contributed by atoms with Gasteiger partial charge in [0.05, 0.1) is 12.5 Å². The first-order chi connectivity index (χ1) is 18.0. The summed E-state index contributed by atoms with van der Waals surface area (Å²) in [6, 6.07) is 3.96. The second-order valence-electron chi connectivity index (χ2n) is 8.99. The van der Waals surface area contributed by atoms with Gasteiger partial charge in [0.2, 0.25) is 17.7 Å². The van der Waals surface area contributed by atoms with E-state index in [9.17, 15) is 34.2 Å². The summed E-state index contributed by atoms with van der Waals surface area (Å²) in [5.41, 5.74) is 17.2. The number of carbonyl (C=O) groups excluding carboxylic acids is 3. The number of hydrogen-bond acceptors (Lipinski definition) is 7. The summed E-state index contributed by atoms with van der Waals surface area (Å²) >= 11 is 0. The summed E-state index contributed by atoms with van der Waals surface area (Å²) in [7, 11) is 0. The molecular weight excluding hydrogens is 498 g/mol. The molecule has 0 aliphatic carbocycles. The number of aliphatic carboxylic acids is 2. The Bertz CT molecular complexity index is 1030. The maximum Gasteiger partial charge on any atom is 0.326 e. The molecule has 1 aliphatic heterocycles. The minimum atomic E-state index is -1.52. The first kappa shape index (κ1) is 30.0. The van der Waals surface area contributed by atoms with Crippen LogP contribution in [0.15, 0.2) is 35.3 Å². The van der Waals surface area contributed by atoms with Crippen LogP contribution in [0.2, 0.25) is 0 Å². The Kier molecular flexibility index (Phi) is 11.5. The van der Waals surface area contributed by atoms with Gasteiger partial charge in [-0.15, -0.1) is 0 Å². The summed E-state index contributed by atoms with van der Waals surface area (Å²) < 4.78 is 0. The number of amides is 3. The van der Waals surface area contributed by atoms with Crippen LogP contribution in [0.1, 0.15) is 37.7 Å². The Morgan fingerprint density at radius 1 is 1.03 bits per heavy atom. The molecule has 1 aromatic carbocycles. The predicted octanol–water partition coefficient (Wildman–Crippen LogP) is -1.87. The van der Waals surface area contributed by atoms with E-state index in [0.717, 1.165) is 4.90 Å². The van der Waals surface area contributed by atoms with Crippen LogP contribution in [-0.4, -0.2) is 88.0 Å². The van der Waals surface area contributed by atoms with E-state index in [0.29, 0.717) is 18.4 Å². The highest BCUT2D eigenvalue weighted by molar-refractivity contribution is 5.96. The Morgan fingerprint density at radius 2 is 1.68 bits per heavy atom. The summed E-state index contributed by atoms with van der Waals surface area (Å²) in [4.78, 5) is 67.0. The molecule has 4 unspecified atom stereocenters. The lowest BCUT2D eigenvalue weighted by Gasteiger charge is -2.28. The fourth-order valence-electron chi connectivity index (χ4n) is 4.12. The van der Waals surface area contributed by atoms with Crippen LogP contribution in [0.4, 0.5) is 0 Å². The van der Waals surface area contributed by atoms with Gasteiger partial charge in [-0.3, -0.25) is 24.2 Å². The van der Waals surface area contributed by atoms with Gasteiger partial charge in [0.15, 0.2) is 5.96 Å².